The van der Waals surface area contributed by atoms with E-state index in [1.807, 2.05) is 0 Å². The molecule has 0 atom stereocenters. The average molecular weight is 437 g/mol. The highest BCUT2D eigenvalue weighted by molar-refractivity contribution is 6.71. The van der Waals surface area contributed by atoms with Crippen LogP contribution in [0.25, 0.3) is 0 Å². The zero-order valence-electron chi connectivity index (χ0n) is 18.1. The quantitative estimate of drug-likeness (QED) is 0.178. The zero-order valence-corrected chi connectivity index (χ0v) is 20.1. The number of hydrogen-bond acceptors (Lipinski definition) is 8. The van der Waals surface area contributed by atoms with E-state index in [9.17, 15) is 9.59 Å². The highest BCUT2D eigenvalue weighted by Gasteiger charge is 2.36. The molecule has 0 aliphatic heterocycles. The lowest BCUT2D eigenvalue weighted by atomic mass is 10.5. The standard InChI is InChI=1S/C9H18O5Si.C9H18O3Si/c1-5-9(10)14-7-6-8-15(11-2,12-3)13-4;1-5-9(10)12-7-6-8-13(3,4)11-2/h5H,1,6-8H2,2-4H3;5H,1,6-8H2,2-4H3. The Kier molecular flexibility index (Phi) is 17.2. The van der Waals surface area contributed by atoms with E-state index in [2.05, 4.69) is 26.3 Å². The fourth-order valence-corrected chi connectivity index (χ4v) is 4.80. The lowest BCUT2D eigenvalue weighted by molar-refractivity contribution is -0.138. The minimum absolute atomic E-state index is 0.315. The van der Waals surface area contributed by atoms with Crippen LogP contribution < -0.4 is 0 Å². The summed E-state index contributed by atoms with van der Waals surface area (Å²) >= 11 is 0. The molecule has 0 aromatic carbocycles. The van der Waals surface area contributed by atoms with Crippen LogP contribution in [-0.4, -0.2) is 70.7 Å². The van der Waals surface area contributed by atoms with Crippen molar-refractivity contribution >= 4 is 29.1 Å². The number of carbonyl (C=O) groups excluding carboxylic acids is 2. The van der Waals surface area contributed by atoms with Gasteiger partial charge in [0.2, 0.25) is 0 Å². The van der Waals surface area contributed by atoms with Crippen molar-refractivity contribution < 1.29 is 36.8 Å². The van der Waals surface area contributed by atoms with Crippen LogP contribution in [0.4, 0.5) is 0 Å². The van der Waals surface area contributed by atoms with Crippen LogP contribution in [0.2, 0.25) is 25.2 Å². The molecule has 0 aliphatic carbocycles. The molecule has 10 heteroatoms. The van der Waals surface area contributed by atoms with E-state index in [-0.39, 0.29) is 5.97 Å². The van der Waals surface area contributed by atoms with Crippen molar-refractivity contribution in [3.63, 3.8) is 0 Å². The van der Waals surface area contributed by atoms with Crippen molar-refractivity contribution in [2.45, 2.75) is 38.0 Å². The van der Waals surface area contributed by atoms with Crippen LogP contribution in [-0.2, 0) is 36.8 Å². The van der Waals surface area contributed by atoms with Gasteiger partial charge >= 0.3 is 20.7 Å². The first-order valence-corrected chi connectivity index (χ1v) is 14.0. The summed E-state index contributed by atoms with van der Waals surface area (Å²) < 4.78 is 30.6. The smallest absolute Gasteiger partial charge is 0.463 e. The van der Waals surface area contributed by atoms with E-state index >= 15 is 0 Å². The molecule has 0 fully saturated rings. The van der Waals surface area contributed by atoms with Crippen molar-refractivity contribution in [3.05, 3.63) is 25.3 Å². The highest BCUT2D eigenvalue weighted by Crippen LogP contribution is 2.14. The average Bonchev–Trinajstić information content (AvgIpc) is 2.72. The molecule has 0 saturated heterocycles. The van der Waals surface area contributed by atoms with Crippen molar-refractivity contribution in [1.82, 2.24) is 0 Å². The minimum atomic E-state index is -2.52. The molecule has 0 radical (unpaired) electrons. The molecule has 0 rings (SSSR count). The van der Waals surface area contributed by atoms with Crippen molar-refractivity contribution in [3.8, 4) is 0 Å². The van der Waals surface area contributed by atoms with Gasteiger partial charge in [0.15, 0.2) is 8.32 Å². The second-order valence-electron chi connectivity index (χ2n) is 6.21. The normalized spacial score (nSPS) is 11.1. The summed E-state index contributed by atoms with van der Waals surface area (Å²) in [5.74, 6) is -0.772. The predicted octanol–water partition coefficient (Wildman–Crippen LogP) is 2.94. The maximum atomic E-state index is 10.7. The lowest BCUT2D eigenvalue weighted by Gasteiger charge is -2.23. The lowest BCUT2D eigenvalue weighted by Crippen LogP contribution is -2.42. The number of rotatable bonds is 14. The summed E-state index contributed by atoms with van der Waals surface area (Å²) in [5.41, 5.74) is 0. The molecule has 28 heavy (non-hydrogen) atoms. The number of ether oxygens (including phenoxy) is 2. The molecule has 0 N–H and O–H groups in total. The monoisotopic (exact) mass is 436 g/mol. The van der Waals surface area contributed by atoms with Gasteiger partial charge in [0.25, 0.3) is 0 Å². The second-order valence-corrected chi connectivity index (χ2v) is 13.7. The van der Waals surface area contributed by atoms with E-state index in [1.165, 1.54) is 6.08 Å². The molecule has 0 heterocycles. The Hall–Kier alpha value is -1.31. The van der Waals surface area contributed by atoms with Gasteiger partial charge in [-0.05, 0) is 32.0 Å². The SMILES string of the molecule is C=CC(=O)OCCC[Si](C)(C)OC.C=CC(=O)OCCC[Si](OC)(OC)OC. The molecule has 0 amide bonds. The second kappa shape index (κ2) is 16.6. The first-order valence-electron chi connectivity index (χ1n) is 8.94. The zero-order chi connectivity index (χ0) is 22.1. The summed E-state index contributed by atoms with van der Waals surface area (Å²) in [6.07, 6.45) is 3.82. The Bertz CT molecular complexity index is 456. The van der Waals surface area contributed by atoms with Crippen molar-refractivity contribution in [2.24, 2.45) is 0 Å². The molecule has 0 unspecified atom stereocenters. The Morgan fingerprint density at radius 2 is 1.14 bits per heavy atom. The maximum absolute atomic E-state index is 10.7. The summed E-state index contributed by atoms with van der Waals surface area (Å²) in [4.78, 5) is 21.4. The van der Waals surface area contributed by atoms with Gasteiger partial charge in [0.05, 0.1) is 13.2 Å². The summed E-state index contributed by atoms with van der Waals surface area (Å²) in [7, 11) is 2.40. The summed E-state index contributed by atoms with van der Waals surface area (Å²) in [6, 6.07) is 1.62. The van der Waals surface area contributed by atoms with Crippen LogP contribution in [0.1, 0.15) is 12.8 Å². The van der Waals surface area contributed by atoms with Crippen molar-refractivity contribution in [2.75, 3.05) is 41.7 Å². The third-order valence-electron chi connectivity index (χ3n) is 3.86. The van der Waals surface area contributed by atoms with E-state index in [4.69, 9.17) is 27.2 Å². The van der Waals surface area contributed by atoms with Crippen molar-refractivity contribution in [1.29, 1.82) is 0 Å². The van der Waals surface area contributed by atoms with Crippen LogP contribution in [0.15, 0.2) is 25.3 Å². The largest absolute Gasteiger partial charge is 0.500 e. The Morgan fingerprint density at radius 1 is 0.750 bits per heavy atom. The van der Waals surface area contributed by atoms with Gasteiger partial charge in [-0.3, -0.25) is 0 Å². The molecule has 0 bridgehead atoms. The van der Waals surface area contributed by atoms with Gasteiger partial charge < -0.3 is 27.2 Å². The van der Waals surface area contributed by atoms with Gasteiger partial charge in [-0.15, -0.1) is 0 Å². The molecule has 0 aliphatic rings. The summed E-state index contributed by atoms with van der Waals surface area (Å²) in [6.45, 7) is 11.7. The third kappa shape index (κ3) is 14.7. The minimum Gasteiger partial charge on any atom is -0.463 e. The Labute approximate surface area is 171 Å². The van der Waals surface area contributed by atoms with Crippen LogP contribution in [0.3, 0.4) is 0 Å². The van der Waals surface area contributed by atoms with E-state index in [1.54, 1.807) is 28.4 Å². The molecule has 0 aromatic rings. The first-order chi connectivity index (χ1) is 13.2. The molecule has 0 saturated carbocycles. The molecule has 164 valence electrons. The fraction of sp³-hybridized carbons (Fsp3) is 0.667. The number of esters is 2. The number of hydrogen-bond donors (Lipinski definition) is 0. The molecular weight excluding hydrogens is 400 g/mol. The predicted molar refractivity (Wildman–Crippen MR) is 112 cm³/mol. The van der Waals surface area contributed by atoms with E-state index in [0.717, 1.165) is 18.5 Å². The molecule has 8 nitrogen and oxygen atoms in total. The Balaban J connectivity index is 0. The van der Waals surface area contributed by atoms with Crippen LogP contribution in [0.5, 0.6) is 0 Å². The first kappa shape index (κ1) is 28.9. The van der Waals surface area contributed by atoms with Gasteiger partial charge in [-0.25, -0.2) is 9.59 Å². The number of carbonyl (C=O) groups is 2. The highest BCUT2D eigenvalue weighted by atomic mass is 28.4. The van der Waals surface area contributed by atoms with Gasteiger partial charge in [-0.1, -0.05) is 13.2 Å². The maximum Gasteiger partial charge on any atom is 0.500 e. The Morgan fingerprint density at radius 3 is 1.46 bits per heavy atom. The van der Waals surface area contributed by atoms with E-state index < -0.39 is 23.1 Å². The third-order valence-corrected chi connectivity index (χ3v) is 9.35. The molecule has 0 spiro atoms. The van der Waals surface area contributed by atoms with E-state index in [0.29, 0.717) is 25.7 Å². The fourth-order valence-electron chi connectivity index (χ4n) is 1.91. The van der Waals surface area contributed by atoms with Gasteiger partial charge in [0.1, 0.15) is 0 Å². The van der Waals surface area contributed by atoms with Crippen LogP contribution >= 0.6 is 0 Å². The van der Waals surface area contributed by atoms with Gasteiger partial charge in [0, 0.05) is 46.6 Å². The molecule has 0 aromatic heterocycles. The summed E-state index contributed by atoms with van der Waals surface area (Å²) in [5, 5.41) is 0. The topological polar surface area (TPSA) is 89.5 Å². The molecular formula is C18H36O8Si2. The van der Waals surface area contributed by atoms with Gasteiger partial charge in [-0.2, -0.15) is 0 Å². The van der Waals surface area contributed by atoms with Crippen LogP contribution in [0, 0.1) is 0 Å².